The molecule has 7 nitrogen and oxygen atoms in total. The first-order valence-electron chi connectivity index (χ1n) is 9.17. The summed E-state index contributed by atoms with van der Waals surface area (Å²) in [5.41, 5.74) is 4.36. The van der Waals surface area contributed by atoms with Gasteiger partial charge in [-0.05, 0) is 49.2 Å². The molecule has 0 spiro atoms. The molecular formula is C21H25N5O2S. The maximum absolute atomic E-state index is 12.6. The minimum absolute atomic E-state index is 0.00368. The van der Waals surface area contributed by atoms with Gasteiger partial charge in [-0.15, -0.1) is 10.2 Å². The lowest BCUT2D eigenvalue weighted by molar-refractivity contribution is -0.127. The van der Waals surface area contributed by atoms with E-state index >= 15 is 0 Å². The number of carbonyl (C=O) groups is 1. The first-order chi connectivity index (χ1) is 13.9. The Hall–Kier alpha value is -3.00. The number of aromatic nitrogens is 3. The molecule has 0 atom stereocenters. The van der Waals surface area contributed by atoms with E-state index in [2.05, 4.69) is 42.2 Å². The smallest absolute Gasteiger partial charge is 0.233 e. The quantitative estimate of drug-likeness (QED) is 0.475. The molecule has 29 heavy (non-hydrogen) atoms. The Balaban J connectivity index is 1.62. The van der Waals surface area contributed by atoms with Crippen LogP contribution in [0.5, 0.6) is 5.75 Å². The highest BCUT2D eigenvalue weighted by atomic mass is 32.2. The zero-order valence-electron chi connectivity index (χ0n) is 17.0. The van der Waals surface area contributed by atoms with E-state index in [1.54, 1.807) is 19.1 Å². The van der Waals surface area contributed by atoms with Crippen molar-refractivity contribution in [1.29, 1.82) is 0 Å². The molecule has 1 aromatic heterocycles. The molecule has 0 unspecified atom stereocenters. The van der Waals surface area contributed by atoms with Gasteiger partial charge in [0.15, 0.2) is 5.82 Å². The molecule has 0 aliphatic heterocycles. The van der Waals surface area contributed by atoms with Gasteiger partial charge in [0.2, 0.25) is 11.1 Å². The van der Waals surface area contributed by atoms with E-state index in [0.29, 0.717) is 17.5 Å². The van der Waals surface area contributed by atoms with Crippen molar-refractivity contribution in [2.24, 2.45) is 0 Å². The number of methoxy groups -OCH3 is 1. The zero-order valence-corrected chi connectivity index (χ0v) is 17.9. The first-order valence-corrected chi connectivity index (χ1v) is 10.2. The Labute approximate surface area is 174 Å². The topological polar surface area (TPSA) is 86.3 Å². The second-order valence-electron chi connectivity index (χ2n) is 6.87. The number of carbonyl (C=O) groups excluding carboxylic acids is 1. The Morgan fingerprint density at radius 1 is 1.17 bits per heavy atom. The number of benzene rings is 2. The highest BCUT2D eigenvalue weighted by Gasteiger charge is 2.16. The minimum Gasteiger partial charge on any atom is -0.497 e. The molecular weight excluding hydrogens is 386 g/mol. The summed E-state index contributed by atoms with van der Waals surface area (Å²) in [4.78, 5) is 14.3. The van der Waals surface area contributed by atoms with Gasteiger partial charge >= 0.3 is 0 Å². The van der Waals surface area contributed by atoms with E-state index < -0.39 is 0 Å². The van der Waals surface area contributed by atoms with Crippen LogP contribution < -0.4 is 10.6 Å². The normalized spacial score (nSPS) is 10.8. The van der Waals surface area contributed by atoms with Crippen LogP contribution in [0.1, 0.15) is 16.7 Å². The monoisotopic (exact) mass is 411 g/mol. The van der Waals surface area contributed by atoms with Crippen LogP contribution in [0.15, 0.2) is 47.6 Å². The van der Waals surface area contributed by atoms with E-state index in [9.17, 15) is 4.79 Å². The van der Waals surface area contributed by atoms with Crippen LogP contribution in [0.2, 0.25) is 0 Å². The fraction of sp³-hybridized carbons (Fsp3) is 0.286. The largest absolute Gasteiger partial charge is 0.497 e. The van der Waals surface area contributed by atoms with Crippen molar-refractivity contribution in [3.05, 3.63) is 59.2 Å². The lowest BCUT2D eigenvalue weighted by Gasteiger charge is -2.18. The maximum atomic E-state index is 12.6. The van der Waals surface area contributed by atoms with Crippen molar-refractivity contribution >= 4 is 17.7 Å². The standard InChI is InChI=1S/C21H25N5O2S/c1-14-5-6-17(15(2)11-14)12-25(3)19(27)13-29-21-24-23-20(26(21)22)16-7-9-18(28-4)10-8-16/h5-11H,12-13,22H2,1-4H3. The highest BCUT2D eigenvalue weighted by molar-refractivity contribution is 7.99. The van der Waals surface area contributed by atoms with Crippen molar-refractivity contribution in [2.45, 2.75) is 25.5 Å². The van der Waals surface area contributed by atoms with Crippen molar-refractivity contribution in [2.75, 3.05) is 25.8 Å². The summed E-state index contributed by atoms with van der Waals surface area (Å²) < 4.78 is 6.57. The fourth-order valence-corrected chi connectivity index (χ4v) is 3.71. The second-order valence-corrected chi connectivity index (χ2v) is 7.82. The number of nitrogens with two attached hydrogens (primary N) is 1. The molecule has 2 aromatic carbocycles. The molecule has 1 amide bonds. The molecule has 0 radical (unpaired) electrons. The number of amides is 1. The van der Waals surface area contributed by atoms with Gasteiger partial charge in [0.25, 0.3) is 0 Å². The first kappa shape index (κ1) is 20.7. The van der Waals surface area contributed by atoms with Crippen molar-refractivity contribution < 1.29 is 9.53 Å². The van der Waals surface area contributed by atoms with Crippen molar-refractivity contribution in [1.82, 2.24) is 19.8 Å². The highest BCUT2D eigenvalue weighted by Crippen LogP contribution is 2.24. The van der Waals surface area contributed by atoms with Gasteiger partial charge < -0.3 is 15.5 Å². The van der Waals surface area contributed by atoms with Gasteiger partial charge in [-0.1, -0.05) is 35.5 Å². The Kier molecular flexibility index (Phi) is 6.43. The van der Waals surface area contributed by atoms with Crippen LogP contribution in [0, 0.1) is 13.8 Å². The number of ether oxygens (including phenoxy) is 1. The summed E-state index contributed by atoms with van der Waals surface area (Å²) in [6.07, 6.45) is 0. The minimum atomic E-state index is 0.00368. The van der Waals surface area contributed by atoms with E-state index in [1.807, 2.05) is 24.3 Å². The fourth-order valence-electron chi connectivity index (χ4n) is 2.92. The van der Waals surface area contributed by atoms with Gasteiger partial charge in [-0.2, -0.15) is 0 Å². The third-order valence-electron chi connectivity index (χ3n) is 4.67. The van der Waals surface area contributed by atoms with Crippen LogP contribution in [-0.4, -0.2) is 45.6 Å². The van der Waals surface area contributed by atoms with E-state index in [-0.39, 0.29) is 11.7 Å². The summed E-state index contributed by atoms with van der Waals surface area (Å²) in [5.74, 6) is 7.67. The summed E-state index contributed by atoms with van der Waals surface area (Å²) in [7, 11) is 3.42. The zero-order chi connectivity index (χ0) is 21.0. The number of nitrogens with zero attached hydrogens (tertiary/aromatic N) is 4. The molecule has 2 N–H and O–H groups in total. The predicted molar refractivity (Wildman–Crippen MR) is 115 cm³/mol. The van der Waals surface area contributed by atoms with Crippen LogP contribution in [0.3, 0.4) is 0 Å². The molecule has 8 heteroatoms. The van der Waals surface area contributed by atoms with Crippen LogP contribution in [0.4, 0.5) is 0 Å². The molecule has 0 bridgehead atoms. The average Bonchev–Trinajstić information content (AvgIpc) is 3.08. The Bertz CT molecular complexity index is 1000. The maximum Gasteiger partial charge on any atom is 0.233 e. The molecule has 0 fully saturated rings. The number of hydrogen-bond donors (Lipinski definition) is 1. The van der Waals surface area contributed by atoms with Crippen molar-refractivity contribution in [3.63, 3.8) is 0 Å². The third-order valence-corrected chi connectivity index (χ3v) is 5.60. The summed E-state index contributed by atoms with van der Waals surface area (Å²) in [6.45, 7) is 4.69. The van der Waals surface area contributed by atoms with Gasteiger partial charge in [0.05, 0.1) is 12.9 Å². The third kappa shape index (κ3) is 4.89. The number of aryl methyl sites for hydroxylation is 2. The summed E-state index contributed by atoms with van der Waals surface area (Å²) >= 11 is 1.27. The molecule has 3 rings (SSSR count). The number of nitrogen functional groups attached to an aromatic ring is 1. The molecule has 0 aliphatic carbocycles. The lowest BCUT2D eigenvalue weighted by atomic mass is 10.1. The van der Waals surface area contributed by atoms with Crippen LogP contribution in [0.25, 0.3) is 11.4 Å². The van der Waals surface area contributed by atoms with E-state index in [4.69, 9.17) is 10.6 Å². The van der Waals surface area contributed by atoms with Crippen molar-refractivity contribution in [3.8, 4) is 17.1 Å². The average molecular weight is 412 g/mol. The number of thioether (sulfide) groups is 1. The molecule has 1 heterocycles. The second kappa shape index (κ2) is 9.00. The SMILES string of the molecule is COc1ccc(-c2nnc(SCC(=O)N(C)Cc3ccc(C)cc3C)n2N)cc1. The van der Waals surface area contributed by atoms with E-state index in [1.165, 1.54) is 27.6 Å². The summed E-state index contributed by atoms with van der Waals surface area (Å²) in [5, 5.41) is 8.77. The molecule has 3 aromatic rings. The summed E-state index contributed by atoms with van der Waals surface area (Å²) in [6, 6.07) is 13.7. The predicted octanol–water partition coefficient (Wildman–Crippen LogP) is 3.04. The van der Waals surface area contributed by atoms with Crippen LogP contribution in [-0.2, 0) is 11.3 Å². The molecule has 152 valence electrons. The van der Waals surface area contributed by atoms with E-state index in [0.717, 1.165) is 16.9 Å². The Morgan fingerprint density at radius 3 is 2.55 bits per heavy atom. The van der Waals surface area contributed by atoms with Gasteiger partial charge in [-0.25, -0.2) is 4.68 Å². The van der Waals surface area contributed by atoms with Crippen LogP contribution >= 0.6 is 11.8 Å². The van der Waals surface area contributed by atoms with Gasteiger partial charge in [0, 0.05) is 19.2 Å². The molecule has 0 saturated heterocycles. The van der Waals surface area contributed by atoms with Gasteiger partial charge in [-0.3, -0.25) is 4.79 Å². The Morgan fingerprint density at radius 2 is 1.90 bits per heavy atom. The molecule has 0 saturated carbocycles. The lowest BCUT2D eigenvalue weighted by Crippen LogP contribution is -2.28. The van der Waals surface area contributed by atoms with Gasteiger partial charge in [0.1, 0.15) is 5.75 Å². The number of rotatable bonds is 7. The number of hydrogen-bond acceptors (Lipinski definition) is 6. The molecule has 0 aliphatic rings.